The van der Waals surface area contributed by atoms with Crippen molar-refractivity contribution < 1.29 is 4.39 Å². The van der Waals surface area contributed by atoms with Crippen LogP contribution in [0.15, 0.2) is 23.1 Å². The van der Waals surface area contributed by atoms with Gasteiger partial charge in [0.2, 0.25) is 0 Å². The van der Waals surface area contributed by atoms with Gasteiger partial charge in [-0.1, -0.05) is 12.5 Å². The van der Waals surface area contributed by atoms with Crippen LogP contribution in [0.2, 0.25) is 0 Å². The third-order valence-corrected chi connectivity index (χ3v) is 2.89. The Kier molecular flexibility index (Phi) is 2.09. The zero-order valence-electron chi connectivity index (χ0n) is 6.76. The van der Waals surface area contributed by atoms with E-state index in [0.717, 1.165) is 0 Å². The molecule has 1 fully saturated rings. The normalized spacial score (nSPS) is 17.5. The summed E-state index contributed by atoms with van der Waals surface area (Å²) in [5.74, 6) is 0.443. The lowest BCUT2D eigenvalue weighted by Crippen LogP contribution is -2.08. The van der Waals surface area contributed by atoms with Crippen molar-refractivity contribution in [2.45, 2.75) is 30.1 Å². The molecule has 2 rings (SSSR count). The Hall–Kier alpha value is -0.500. The van der Waals surface area contributed by atoms with Crippen molar-refractivity contribution >= 4 is 12.6 Å². The Morgan fingerprint density at radius 3 is 2.58 bits per heavy atom. The van der Waals surface area contributed by atoms with Gasteiger partial charge in [0, 0.05) is 4.90 Å². The lowest BCUT2D eigenvalue weighted by atomic mass is 9.80. The predicted octanol–water partition coefficient (Wildman–Crippen LogP) is 3.38. The highest BCUT2D eigenvalue weighted by atomic mass is 32.1. The summed E-state index contributed by atoms with van der Waals surface area (Å²) in [7, 11) is 0. The van der Waals surface area contributed by atoms with Crippen molar-refractivity contribution in [1.82, 2.24) is 0 Å². The van der Waals surface area contributed by atoms with Crippen LogP contribution in [0.1, 0.15) is 30.7 Å². The van der Waals surface area contributed by atoms with Crippen molar-refractivity contribution in [2.24, 2.45) is 0 Å². The molecule has 1 aromatic carbocycles. The monoisotopic (exact) mass is 182 g/mol. The van der Waals surface area contributed by atoms with Crippen molar-refractivity contribution in [3.8, 4) is 0 Å². The molecule has 1 aliphatic rings. The van der Waals surface area contributed by atoms with Crippen LogP contribution in [0.4, 0.5) is 4.39 Å². The minimum absolute atomic E-state index is 0.221. The van der Waals surface area contributed by atoms with Gasteiger partial charge in [-0.05, 0) is 36.5 Å². The van der Waals surface area contributed by atoms with Crippen LogP contribution >= 0.6 is 12.6 Å². The fourth-order valence-corrected chi connectivity index (χ4v) is 1.75. The summed E-state index contributed by atoms with van der Waals surface area (Å²) in [6, 6.07) is 5.23. The second-order valence-electron chi connectivity index (χ2n) is 3.34. The van der Waals surface area contributed by atoms with Gasteiger partial charge in [0.1, 0.15) is 5.82 Å². The van der Waals surface area contributed by atoms with Crippen LogP contribution in [-0.4, -0.2) is 0 Å². The topological polar surface area (TPSA) is 0 Å². The zero-order valence-corrected chi connectivity index (χ0v) is 7.65. The van der Waals surface area contributed by atoms with E-state index in [1.807, 2.05) is 12.1 Å². The molecule has 1 aliphatic carbocycles. The molecule has 0 unspecified atom stereocenters. The minimum atomic E-state index is -0.221. The Balaban J connectivity index is 2.27. The number of hydrogen-bond donors (Lipinski definition) is 1. The maximum atomic E-state index is 12.8. The molecule has 0 N–H and O–H groups in total. The Labute approximate surface area is 77.2 Å². The lowest BCUT2D eigenvalue weighted by molar-refractivity contribution is 0.418. The number of rotatable bonds is 1. The van der Waals surface area contributed by atoms with E-state index in [1.54, 1.807) is 0 Å². The molecule has 0 nitrogen and oxygen atoms in total. The first-order valence-electron chi connectivity index (χ1n) is 4.26. The summed E-state index contributed by atoms with van der Waals surface area (Å²) in [6.45, 7) is 0. The van der Waals surface area contributed by atoms with Crippen LogP contribution in [-0.2, 0) is 0 Å². The summed E-state index contributed by atoms with van der Waals surface area (Å²) >= 11 is 4.05. The maximum absolute atomic E-state index is 12.8. The number of hydrogen-bond acceptors (Lipinski definition) is 1. The standard InChI is InChI=1S/C10H11FS/c11-9-5-4-8(6-10(9)12)7-2-1-3-7/h4-7,12H,1-3H2. The summed E-state index contributed by atoms with van der Waals surface area (Å²) in [6.07, 6.45) is 3.81. The molecule has 0 saturated heterocycles. The van der Waals surface area contributed by atoms with Crippen LogP contribution in [0.5, 0.6) is 0 Å². The number of thiol groups is 1. The van der Waals surface area contributed by atoms with Gasteiger partial charge < -0.3 is 0 Å². The highest BCUT2D eigenvalue weighted by Crippen LogP contribution is 2.37. The lowest BCUT2D eigenvalue weighted by Gasteiger charge is -2.25. The summed E-state index contributed by atoms with van der Waals surface area (Å²) in [5.41, 5.74) is 1.24. The fraction of sp³-hybridized carbons (Fsp3) is 0.400. The summed E-state index contributed by atoms with van der Waals surface area (Å²) < 4.78 is 12.8. The molecule has 0 radical (unpaired) electrons. The molecular formula is C10H11FS. The van der Waals surface area contributed by atoms with E-state index in [0.29, 0.717) is 10.8 Å². The van der Waals surface area contributed by atoms with Gasteiger partial charge in [-0.25, -0.2) is 4.39 Å². The average molecular weight is 182 g/mol. The molecule has 1 aromatic rings. The molecule has 0 bridgehead atoms. The van der Waals surface area contributed by atoms with E-state index >= 15 is 0 Å². The van der Waals surface area contributed by atoms with E-state index in [1.165, 1.54) is 30.9 Å². The molecule has 0 aromatic heterocycles. The average Bonchev–Trinajstić information content (AvgIpc) is 1.93. The first-order chi connectivity index (χ1) is 5.77. The first kappa shape index (κ1) is 8.11. The van der Waals surface area contributed by atoms with Crippen LogP contribution < -0.4 is 0 Å². The molecule has 0 spiro atoms. The first-order valence-corrected chi connectivity index (χ1v) is 4.70. The van der Waals surface area contributed by atoms with E-state index in [9.17, 15) is 4.39 Å². The minimum Gasteiger partial charge on any atom is -0.206 e. The van der Waals surface area contributed by atoms with Gasteiger partial charge in [-0.3, -0.25) is 0 Å². The molecule has 64 valence electrons. The second-order valence-corrected chi connectivity index (χ2v) is 3.82. The molecule has 1 saturated carbocycles. The van der Waals surface area contributed by atoms with Crippen LogP contribution in [0, 0.1) is 5.82 Å². The van der Waals surface area contributed by atoms with Crippen molar-refractivity contribution in [3.63, 3.8) is 0 Å². The maximum Gasteiger partial charge on any atom is 0.136 e. The Bertz CT molecular complexity index is 292. The molecule has 0 atom stereocenters. The largest absolute Gasteiger partial charge is 0.206 e. The van der Waals surface area contributed by atoms with E-state index < -0.39 is 0 Å². The summed E-state index contributed by atoms with van der Waals surface area (Å²) in [4.78, 5) is 0.472. The van der Waals surface area contributed by atoms with Gasteiger partial charge in [-0.15, -0.1) is 12.6 Å². The third-order valence-electron chi connectivity index (χ3n) is 2.55. The molecule has 0 amide bonds. The van der Waals surface area contributed by atoms with Gasteiger partial charge in [0.05, 0.1) is 0 Å². The Morgan fingerprint density at radius 2 is 2.08 bits per heavy atom. The van der Waals surface area contributed by atoms with E-state index in [4.69, 9.17) is 0 Å². The SMILES string of the molecule is Fc1ccc(C2CCC2)cc1S. The molecular weight excluding hydrogens is 171 g/mol. The van der Waals surface area contributed by atoms with Gasteiger partial charge in [0.25, 0.3) is 0 Å². The van der Waals surface area contributed by atoms with Gasteiger partial charge >= 0.3 is 0 Å². The molecule has 12 heavy (non-hydrogen) atoms. The summed E-state index contributed by atoms with van der Waals surface area (Å²) in [5, 5.41) is 0. The highest BCUT2D eigenvalue weighted by Gasteiger charge is 2.19. The molecule has 2 heteroatoms. The smallest absolute Gasteiger partial charge is 0.136 e. The second kappa shape index (κ2) is 3.09. The van der Waals surface area contributed by atoms with E-state index in [-0.39, 0.29) is 5.82 Å². The van der Waals surface area contributed by atoms with Crippen LogP contribution in [0.25, 0.3) is 0 Å². The third kappa shape index (κ3) is 1.36. The predicted molar refractivity (Wildman–Crippen MR) is 50.2 cm³/mol. The number of halogens is 1. The zero-order chi connectivity index (χ0) is 8.55. The molecule has 0 heterocycles. The van der Waals surface area contributed by atoms with Crippen molar-refractivity contribution in [3.05, 3.63) is 29.6 Å². The van der Waals surface area contributed by atoms with Gasteiger partial charge in [0.15, 0.2) is 0 Å². The van der Waals surface area contributed by atoms with Crippen molar-refractivity contribution in [2.75, 3.05) is 0 Å². The Morgan fingerprint density at radius 1 is 1.33 bits per heavy atom. The number of benzene rings is 1. The molecule has 0 aliphatic heterocycles. The van der Waals surface area contributed by atoms with Crippen LogP contribution in [0.3, 0.4) is 0 Å². The fourth-order valence-electron chi connectivity index (χ4n) is 1.53. The van der Waals surface area contributed by atoms with Crippen molar-refractivity contribution in [1.29, 1.82) is 0 Å². The van der Waals surface area contributed by atoms with Gasteiger partial charge in [-0.2, -0.15) is 0 Å². The quantitative estimate of drug-likeness (QED) is 0.632. The highest BCUT2D eigenvalue weighted by molar-refractivity contribution is 7.80. The van der Waals surface area contributed by atoms with E-state index in [2.05, 4.69) is 12.6 Å².